The van der Waals surface area contributed by atoms with Gasteiger partial charge in [-0.1, -0.05) is 6.08 Å². The molecule has 0 saturated carbocycles. The van der Waals surface area contributed by atoms with Gasteiger partial charge in [-0.3, -0.25) is 0 Å². The lowest BCUT2D eigenvalue weighted by atomic mass is 10.1. The van der Waals surface area contributed by atoms with Crippen molar-refractivity contribution >= 4 is 5.97 Å². The van der Waals surface area contributed by atoms with Gasteiger partial charge < -0.3 is 15.2 Å². The van der Waals surface area contributed by atoms with Crippen LogP contribution in [0.4, 0.5) is 0 Å². The van der Waals surface area contributed by atoms with Crippen molar-refractivity contribution in [2.45, 2.75) is 25.8 Å². The molecule has 0 aromatic rings. The van der Waals surface area contributed by atoms with Crippen molar-refractivity contribution in [3.8, 4) is 0 Å². The Kier molecular flexibility index (Phi) is 4.62. The summed E-state index contributed by atoms with van der Waals surface area (Å²) in [7, 11) is 0. The van der Waals surface area contributed by atoms with Crippen LogP contribution in [0.2, 0.25) is 0 Å². The Morgan fingerprint density at radius 2 is 2.50 bits per heavy atom. The van der Waals surface area contributed by atoms with Gasteiger partial charge in [0.1, 0.15) is 0 Å². The molecule has 80 valence electrons. The first-order chi connectivity index (χ1) is 6.70. The molecule has 1 atom stereocenters. The van der Waals surface area contributed by atoms with Crippen LogP contribution in [0, 0.1) is 0 Å². The minimum atomic E-state index is -0.855. The molecule has 1 aliphatic heterocycles. The van der Waals surface area contributed by atoms with E-state index in [9.17, 15) is 4.79 Å². The van der Waals surface area contributed by atoms with Gasteiger partial charge in [0, 0.05) is 24.8 Å². The van der Waals surface area contributed by atoms with Crippen molar-refractivity contribution < 1.29 is 14.6 Å². The number of carbonyl (C=O) groups is 1. The van der Waals surface area contributed by atoms with E-state index < -0.39 is 5.97 Å². The number of hydrogen-bond acceptors (Lipinski definition) is 3. The lowest BCUT2D eigenvalue weighted by Crippen LogP contribution is -2.36. The van der Waals surface area contributed by atoms with Gasteiger partial charge in [0.2, 0.25) is 0 Å². The second-order valence-corrected chi connectivity index (χ2v) is 3.51. The van der Waals surface area contributed by atoms with E-state index in [1.54, 1.807) is 13.0 Å². The molecular formula is C10H17NO3. The summed E-state index contributed by atoms with van der Waals surface area (Å²) in [5.74, 6) is -0.855. The van der Waals surface area contributed by atoms with Gasteiger partial charge in [-0.05, 0) is 19.8 Å². The lowest BCUT2D eigenvalue weighted by Gasteiger charge is -2.22. The largest absolute Gasteiger partial charge is 0.478 e. The highest BCUT2D eigenvalue weighted by Crippen LogP contribution is 2.05. The summed E-state index contributed by atoms with van der Waals surface area (Å²) in [6, 6.07) is 0.376. The van der Waals surface area contributed by atoms with Crippen molar-refractivity contribution in [3.63, 3.8) is 0 Å². The molecule has 1 aliphatic rings. The van der Waals surface area contributed by atoms with Crippen LogP contribution in [-0.2, 0) is 9.53 Å². The number of carboxylic acid groups (broad SMARTS) is 1. The molecule has 0 aromatic carbocycles. The van der Waals surface area contributed by atoms with Crippen molar-refractivity contribution in [1.29, 1.82) is 0 Å². The van der Waals surface area contributed by atoms with Crippen LogP contribution in [-0.4, -0.2) is 36.9 Å². The zero-order valence-electron chi connectivity index (χ0n) is 8.45. The summed E-state index contributed by atoms with van der Waals surface area (Å²) in [6.07, 6.45) is 3.89. The SMILES string of the molecule is CC(=CCNC1CCCOC1)C(=O)O. The molecule has 0 bridgehead atoms. The van der Waals surface area contributed by atoms with Crippen LogP contribution < -0.4 is 5.32 Å². The number of carboxylic acids is 1. The molecule has 1 fully saturated rings. The fraction of sp³-hybridized carbons (Fsp3) is 0.700. The van der Waals surface area contributed by atoms with E-state index in [1.807, 2.05) is 0 Å². The number of hydrogen-bond donors (Lipinski definition) is 2. The highest BCUT2D eigenvalue weighted by molar-refractivity contribution is 5.85. The summed E-state index contributed by atoms with van der Waals surface area (Å²) in [6.45, 7) is 3.79. The van der Waals surface area contributed by atoms with E-state index in [2.05, 4.69) is 5.32 Å². The standard InChI is InChI=1S/C10H17NO3/c1-8(10(12)13)4-5-11-9-3-2-6-14-7-9/h4,9,11H,2-3,5-7H2,1H3,(H,12,13). The predicted octanol–water partition coefficient (Wildman–Crippen LogP) is 0.786. The van der Waals surface area contributed by atoms with E-state index in [4.69, 9.17) is 9.84 Å². The zero-order chi connectivity index (χ0) is 10.4. The fourth-order valence-electron chi connectivity index (χ4n) is 1.37. The first-order valence-corrected chi connectivity index (χ1v) is 4.91. The quantitative estimate of drug-likeness (QED) is 0.657. The average molecular weight is 199 g/mol. The number of rotatable bonds is 4. The van der Waals surface area contributed by atoms with E-state index in [0.717, 1.165) is 26.1 Å². The molecule has 1 rings (SSSR count). The Labute approximate surface area is 83.9 Å². The number of nitrogens with one attached hydrogen (secondary N) is 1. The first kappa shape index (κ1) is 11.2. The smallest absolute Gasteiger partial charge is 0.330 e. The summed E-state index contributed by atoms with van der Waals surface area (Å²) < 4.78 is 5.29. The van der Waals surface area contributed by atoms with Crippen LogP contribution in [0.15, 0.2) is 11.6 Å². The highest BCUT2D eigenvalue weighted by atomic mass is 16.5. The third-order valence-corrected chi connectivity index (χ3v) is 2.31. The fourth-order valence-corrected chi connectivity index (χ4v) is 1.37. The normalized spacial score (nSPS) is 23.5. The van der Waals surface area contributed by atoms with Gasteiger partial charge in [0.05, 0.1) is 6.61 Å². The molecule has 2 N–H and O–H groups in total. The minimum Gasteiger partial charge on any atom is -0.478 e. The van der Waals surface area contributed by atoms with Crippen molar-refractivity contribution in [3.05, 3.63) is 11.6 Å². The third kappa shape index (κ3) is 3.89. The second-order valence-electron chi connectivity index (χ2n) is 3.51. The molecule has 0 spiro atoms. The first-order valence-electron chi connectivity index (χ1n) is 4.91. The average Bonchev–Trinajstić information content (AvgIpc) is 2.19. The Balaban J connectivity index is 2.19. The van der Waals surface area contributed by atoms with Gasteiger partial charge in [0.15, 0.2) is 0 Å². The minimum absolute atomic E-state index is 0.376. The summed E-state index contributed by atoms with van der Waals surface area (Å²) in [4.78, 5) is 10.5. The van der Waals surface area contributed by atoms with Crippen molar-refractivity contribution in [1.82, 2.24) is 5.32 Å². The topological polar surface area (TPSA) is 58.6 Å². The van der Waals surface area contributed by atoms with Crippen LogP contribution in [0.5, 0.6) is 0 Å². The molecule has 1 saturated heterocycles. The summed E-state index contributed by atoms with van der Waals surface area (Å²) in [5.41, 5.74) is 0.384. The van der Waals surface area contributed by atoms with E-state index in [-0.39, 0.29) is 0 Å². The monoisotopic (exact) mass is 199 g/mol. The molecule has 4 nitrogen and oxygen atoms in total. The predicted molar refractivity (Wildman–Crippen MR) is 53.2 cm³/mol. The Morgan fingerprint density at radius 1 is 1.71 bits per heavy atom. The van der Waals surface area contributed by atoms with Crippen molar-refractivity contribution in [2.75, 3.05) is 19.8 Å². The molecule has 1 heterocycles. The second kappa shape index (κ2) is 5.78. The summed E-state index contributed by atoms with van der Waals surface area (Å²) in [5, 5.41) is 11.8. The molecule has 0 aliphatic carbocycles. The van der Waals surface area contributed by atoms with Gasteiger partial charge in [-0.15, -0.1) is 0 Å². The zero-order valence-corrected chi connectivity index (χ0v) is 8.45. The number of ether oxygens (including phenoxy) is 1. The van der Waals surface area contributed by atoms with Gasteiger partial charge >= 0.3 is 5.97 Å². The third-order valence-electron chi connectivity index (χ3n) is 2.31. The summed E-state index contributed by atoms with van der Waals surface area (Å²) >= 11 is 0. The van der Waals surface area contributed by atoms with Crippen molar-refractivity contribution in [2.24, 2.45) is 0 Å². The highest BCUT2D eigenvalue weighted by Gasteiger charge is 2.11. The Morgan fingerprint density at radius 3 is 3.07 bits per heavy atom. The maximum absolute atomic E-state index is 10.5. The molecule has 0 amide bonds. The molecule has 14 heavy (non-hydrogen) atoms. The van der Waals surface area contributed by atoms with Gasteiger partial charge in [-0.25, -0.2) is 4.79 Å². The molecule has 0 aromatic heterocycles. The lowest BCUT2D eigenvalue weighted by molar-refractivity contribution is -0.132. The molecule has 1 unspecified atom stereocenters. The van der Waals surface area contributed by atoms with Crippen LogP contribution in [0.25, 0.3) is 0 Å². The molecule has 0 radical (unpaired) electrons. The maximum atomic E-state index is 10.5. The van der Waals surface area contributed by atoms with E-state index >= 15 is 0 Å². The molecule has 4 heteroatoms. The van der Waals surface area contributed by atoms with Gasteiger partial charge in [-0.2, -0.15) is 0 Å². The Bertz CT molecular complexity index is 219. The van der Waals surface area contributed by atoms with Gasteiger partial charge in [0.25, 0.3) is 0 Å². The van der Waals surface area contributed by atoms with Crippen LogP contribution >= 0.6 is 0 Å². The Hall–Kier alpha value is -0.870. The maximum Gasteiger partial charge on any atom is 0.330 e. The van der Waals surface area contributed by atoms with Crippen LogP contribution in [0.3, 0.4) is 0 Å². The van der Waals surface area contributed by atoms with Crippen LogP contribution in [0.1, 0.15) is 19.8 Å². The molecular weight excluding hydrogens is 182 g/mol. The van der Waals surface area contributed by atoms with E-state index in [0.29, 0.717) is 18.2 Å². The van der Waals surface area contributed by atoms with E-state index in [1.165, 1.54) is 0 Å². The number of aliphatic carboxylic acids is 1.